The minimum absolute atomic E-state index is 0.395. The van der Waals surface area contributed by atoms with Gasteiger partial charge in [-0.05, 0) is 38.8 Å². The van der Waals surface area contributed by atoms with Gasteiger partial charge in [0, 0.05) is 13.6 Å². The molecule has 0 amide bonds. The number of aliphatic imine (C=N–C) groups is 1. The number of nitrogens with zero attached hydrogens (tertiary/aromatic N) is 1. The van der Waals surface area contributed by atoms with E-state index in [-0.39, 0.29) is 0 Å². The molecule has 2 aromatic rings. The molecule has 0 saturated carbocycles. The van der Waals surface area contributed by atoms with Crippen molar-refractivity contribution >= 4 is 11.9 Å². The first kappa shape index (κ1) is 19.6. The molecule has 0 spiro atoms. The third-order valence-corrected chi connectivity index (χ3v) is 4.02. The number of rotatable bonds is 6. The van der Waals surface area contributed by atoms with Gasteiger partial charge >= 0.3 is 5.97 Å². The molecule has 6 nitrogen and oxygen atoms in total. The van der Waals surface area contributed by atoms with Crippen molar-refractivity contribution in [2.45, 2.75) is 33.7 Å². The van der Waals surface area contributed by atoms with Crippen molar-refractivity contribution in [3.05, 3.63) is 58.0 Å². The average molecular weight is 357 g/mol. The Morgan fingerprint density at radius 2 is 1.81 bits per heavy atom. The predicted molar refractivity (Wildman–Crippen MR) is 103 cm³/mol. The zero-order valence-electron chi connectivity index (χ0n) is 16.1. The minimum Gasteiger partial charge on any atom is -0.465 e. The lowest BCUT2D eigenvalue weighted by Gasteiger charge is -2.11. The Morgan fingerprint density at radius 1 is 1.12 bits per heavy atom. The molecule has 1 aromatic heterocycles. The molecule has 2 rings (SSSR count). The second kappa shape index (κ2) is 9.08. The highest BCUT2D eigenvalue weighted by atomic mass is 16.5. The van der Waals surface area contributed by atoms with Gasteiger partial charge in [0.2, 0.25) is 0 Å². The number of ether oxygens (including phenoxy) is 1. The maximum Gasteiger partial charge on any atom is 0.341 e. The number of nitrogens with one attached hydrogen (secondary N) is 2. The number of benzene rings is 1. The number of carbonyl (C=O) groups is 1. The molecule has 0 atom stereocenters. The quantitative estimate of drug-likeness (QED) is 0.472. The predicted octanol–water partition coefficient (Wildman–Crippen LogP) is 2.90. The first-order chi connectivity index (χ1) is 12.4. The van der Waals surface area contributed by atoms with Gasteiger partial charge in [0.1, 0.15) is 17.1 Å². The summed E-state index contributed by atoms with van der Waals surface area (Å²) in [6.07, 6.45) is 0.912. The van der Waals surface area contributed by atoms with Gasteiger partial charge in [-0.15, -0.1) is 0 Å². The van der Waals surface area contributed by atoms with E-state index < -0.39 is 5.97 Å². The molecular formula is C20H27N3O3. The normalized spacial score (nSPS) is 11.3. The Morgan fingerprint density at radius 3 is 2.42 bits per heavy atom. The fraction of sp³-hybridized carbons (Fsp3) is 0.400. The van der Waals surface area contributed by atoms with Crippen LogP contribution < -0.4 is 10.6 Å². The van der Waals surface area contributed by atoms with Crippen LogP contribution in [0, 0.1) is 20.8 Å². The first-order valence-corrected chi connectivity index (χ1v) is 8.62. The molecule has 0 saturated heterocycles. The highest BCUT2D eigenvalue weighted by Gasteiger charge is 2.15. The zero-order valence-corrected chi connectivity index (χ0v) is 16.1. The van der Waals surface area contributed by atoms with E-state index in [0.29, 0.717) is 29.6 Å². The number of aryl methyl sites for hydroxylation is 3. The molecule has 0 aliphatic heterocycles. The molecule has 140 valence electrons. The topological polar surface area (TPSA) is 75.9 Å². The summed E-state index contributed by atoms with van der Waals surface area (Å²) in [5, 5.41) is 6.47. The summed E-state index contributed by atoms with van der Waals surface area (Å²) in [7, 11) is 3.08. The standard InChI is InChI=1S/C20H27N3O3/c1-13-8-14(2)10-16(9-13)6-7-22-20(21-4)23-12-17-11-18(15(3)26-17)19(24)25-5/h8-11H,6-7,12H2,1-5H3,(H2,21,22,23). The molecule has 0 fully saturated rings. The fourth-order valence-electron chi connectivity index (χ4n) is 2.87. The van der Waals surface area contributed by atoms with Crippen LogP contribution in [-0.2, 0) is 17.7 Å². The fourth-order valence-corrected chi connectivity index (χ4v) is 2.87. The molecule has 6 heteroatoms. The zero-order chi connectivity index (χ0) is 19.1. The Bertz CT molecular complexity index is 773. The SMILES string of the molecule is CN=C(NCCc1cc(C)cc(C)c1)NCc1cc(C(=O)OC)c(C)o1. The molecule has 0 unspecified atom stereocenters. The summed E-state index contributed by atoms with van der Waals surface area (Å²) in [6.45, 7) is 7.16. The lowest BCUT2D eigenvalue weighted by Crippen LogP contribution is -2.37. The molecular weight excluding hydrogens is 330 g/mol. The van der Waals surface area contributed by atoms with E-state index in [4.69, 9.17) is 9.15 Å². The molecule has 26 heavy (non-hydrogen) atoms. The van der Waals surface area contributed by atoms with Gasteiger partial charge in [0.15, 0.2) is 5.96 Å². The summed E-state index contributed by atoms with van der Waals surface area (Å²) in [5.74, 6) is 1.49. The second-order valence-corrected chi connectivity index (χ2v) is 6.27. The van der Waals surface area contributed by atoms with Crippen molar-refractivity contribution in [1.82, 2.24) is 10.6 Å². The number of carbonyl (C=O) groups excluding carboxylic acids is 1. The van der Waals surface area contributed by atoms with Crippen LogP contribution >= 0.6 is 0 Å². The lowest BCUT2D eigenvalue weighted by molar-refractivity contribution is 0.0599. The number of hydrogen-bond donors (Lipinski definition) is 2. The molecule has 0 bridgehead atoms. The minimum atomic E-state index is -0.395. The van der Waals surface area contributed by atoms with Gasteiger partial charge in [0.25, 0.3) is 0 Å². The number of methoxy groups -OCH3 is 1. The third-order valence-electron chi connectivity index (χ3n) is 4.02. The number of furan rings is 1. The van der Waals surface area contributed by atoms with Crippen LogP contribution in [0.4, 0.5) is 0 Å². The second-order valence-electron chi connectivity index (χ2n) is 6.27. The summed E-state index contributed by atoms with van der Waals surface area (Å²) < 4.78 is 10.3. The average Bonchev–Trinajstić information content (AvgIpc) is 2.97. The van der Waals surface area contributed by atoms with E-state index in [1.165, 1.54) is 23.8 Å². The third kappa shape index (κ3) is 5.37. The van der Waals surface area contributed by atoms with E-state index in [1.807, 2.05) is 0 Å². The van der Waals surface area contributed by atoms with Crippen molar-refractivity contribution in [3.63, 3.8) is 0 Å². The van der Waals surface area contributed by atoms with Crippen LogP contribution in [0.1, 0.15) is 38.6 Å². The summed E-state index contributed by atoms with van der Waals surface area (Å²) in [4.78, 5) is 15.8. The number of hydrogen-bond acceptors (Lipinski definition) is 4. The maximum absolute atomic E-state index is 11.6. The van der Waals surface area contributed by atoms with Gasteiger partial charge in [-0.1, -0.05) is 29.3 Å². The van der Waals surface area contributed by atoms with Crippen LogP contribution in [0.3, 0.4) is 0 Å². The van der Waals surface area contributed by atoms with Crippen molar-refractivity contribution in [2.24, 2.45) is 4.99 Å². The largest absolute Gasteiger partial charge is 0.465 e. The molecule has 0 radical (unpaired) electrons. The van der Waals surface area contributed by atoms with Crippen LogP contribution in [0.15, 0.2) is 33.7 Å². The van der Waals surface area contributed by atoms with Gasteiger partial charge < -0.3 is 19.8 Å². The van der Waals surface area contributed by atoms with Crippen LogP contribution in [-0.4, -0.2) is 32.6 Å². The van der Waals surface area contributed by atoms with Crippen molar-refractivity contribution in [3.8, 4) is 0 Å². The first-order valence-electron chi connectivity index (χ1n) is 8.62. The van der Waals surface area contributed by atoms with E-state index in [2.05, 4.69) is 47.7 Å². The van der Waals surface area contributed by atoms with Gasteiger partial charge in [0.05, 0.1) is 13.7 Å². The van der Waals surface area contributed by atoms with Crippen LogP contribution in [0.5, 0.6) is 0 Å². The molecule has 1 aromatic carbocycles. The van der Waals surface area contributed by atoms with Gasteiger partial charge in [-0.3, -0.25) is 4.99 Å². The Hall–Kier alpha value is -2.76. The summed E-state index contributed by atoms with van der Waals surface area (Å²) in [5.41, 5.74) is 4.30. The number of guanidine groups is 1. The smallest absolute Gasteiger partial charge is 0.341 e. The van der Waals surface area contributed by atoms with Crippen molar-refractivity contribution < 1.29 is 13.9 Å². The molecule has 0 aliphatic rings. The van der Waals surface area contributed by atoms with Crippen LogP contribution in [0.25, 0.3) is 0 Å². The monoisotopic (exact) mass is 357 g/mol. The van der Waals surface area contributed by atoms with Crippen molar-refractivity contribution in [1.29, 1.82) is 0 Å². The Balaban J connectivity index is 1.85. The summed E-state index contributed by atoms with van der Waals surface area (Å²) in [6, 6.07) is 8.26. The van der Waals surface area contributed by atoms with Crippen molar-refractivity contribution in [2.75, 3.05) is 20.7 Å². The highest BCUT2D eigenvalue weighted by Crippen LogP contribution is 2.15. The maximum atomic E-state index is 11.6. The van der Waals surface area contributed by atoms with Crippen LogP contribution in [0.2, 0.25) is 0 Å². The van der Waals surface area contributed by atoms with Gasteiger partial charge in [-0.2, -0.15) is 0 Å². The highest BCUT2D eigenvalue weighted by molar-refractivity contribution is 5.90. The molecule has 1 heterocycles. The van der Waals surface area contributed by atoms with E-state index >= 15 is 0 Å². The molecule has 0 aliphatic carbocycles. The van der Waals surface area contributed by atoms with Gasteiger partial charge in [-0.25, -0.2) is 4.79 Å². The van der Waals surface area contributed by atoms with E-state index in [9.17, 15) is 4.79 Å². The lowest BCUT2D eigenvalue weighted by atomic mass is 10.1. The Kier molecular flexibility index (Phi) is 6.83. The van der Waals surface area contributed by atoms with E-state index in [0.717, 1.165) is 13.0 Å². The number of esters is 1. The van der Waals surface area contributed by atoms with E-state index in [1.54, 1.807) is 20.0 Å². The Labute approximate surface area is 154 Å². The molecule has 2 N–H and O–H groups in total. The summed E-state index contributed by atoms with van der Waals surface area (Å²) >= 11 is 0.